The first kappa shape index (κ1) is 17.2. The lowest BCUT2D eigenvalue weighted by molar-refractivity contribution is -0.117. The van der Waals surface area contributed by atoms with Crippen molar-refractivity contribution in [3.63, 3.8) is 0 Å². The van der Waals surface area contributed by atoms with Crippen LogP contribution in [0.2, 0.25) is 0 Å². The Hall–Kier alpha value is -2.60. The van der Waals surface area contributed by atoms with Crippen LogP contribution in [0.4, 0.5) is 0 Å². The summed E-state index contributed by atoms with van der Waals surface area (Å²) < 4.78 is 6.00. The summed E-state index contributed by atoms with van der Waals surface area (Å²) in [6.45, 7) is 8.05. The molecule has 0 bridgehead atoms. The number of ether oxygens (including phenoxy) is 1. The second kappa shape index (κ2) is 6.72. The SMILES string of the molecule is C=c1c(C)c(O)c(C)c2c1=NC1CC=C(C(=O)NCCCO)C=C1O2. The number of aromatic hydroxyl groups is 1. The number of benzene rings is 1. The molecule has 1 aromatic rings. The molecule has 1 amide bonds. The molecule has 0 spiro atoms. The van der Waals surface area contributed by atoms with Gasteiger partial charge in [-0.3, -0.25) is 9.79 Å². The minimum Gasteiger partial charge on any atom is -0.507 e. The van der Waals surface area contributed by atoms with Gasteiger partial charge >= 0.3 is 0 Å². The van der Waals surface area contributed by atoms with E-state index in [1.807, 2.05) is 6.08 Å². The predicted octanol–water partition coefficient (Wildman–Crippen LogP) is 0.513. The minimum absolute atomic E-state index is 0.0385. The lowest BCUT2D eigenvalue weighted by atomic mass is 9.98. The van der Waals surface area contributed by atoms with E-state index in [0.29, 0.717) is 58.2 Å². The number of nitrogens with zero attached hydrogens (tertiary/aromatic N) is 1. The van der Waals surface area contributed by atoms with Crippen molar-refractivity contribution in [3.05, 3.63) is 45.2 Å². The largest absolute Gasteiger partial charge is 0.507 e. The highest BCUT2D eigenvalue weighted by molar-refractivity contribution is 5.96. The van der Waals surface area contributed by atoms with Gasteiger partial charge in [-0.25, -0.2) is 0 Å². The maximum atomic E-state index is 12.2. The first-order chi connectivity index (χ1) is 11.9. The van der Waals surface area contributed by atoms with E-state index in [1.165, 1.54) is 0 Å². The fourth-order valence-corrected chi connectivity index (χ4v) is 2.98. The number of carbonyl (C=O) groups is 1. The number of hydrogen-bond donors (Lipinski definition) is 3. The number of nitrogens with one attached hydrogen (secondary N) is 1. The molecule has 25 heavy (non-hydrogen) atoms. The molecule has 0 fully saturated rings. The summed E-state index contributed by atoms with van der Waals surface area (Å²) in [5, 5.41) is 23.1. The average Bonchev–Trinajstić information content (AvgIpc) is 2.63. The fourth-order valence-electron chi connectivity index (χ4n) is 2.98. The Bertz CT molecular complexity index is 899. The maximum Gasteiger partial charge on any atom is 0.251 e. The standard InChI is InChI=1S/C19H22N2O4/c1-10-11(2)17(23)12(3)18-16(10)21-14-6-5-13(9-15(14)25-18)19(24)20-7-4-8-22/h5,9,14,22-23H,1,4,6-8H2,2-3H3,(H,20,24). The van der Waals surface area contributed by atoms with Crippen LogP contribution in [-0.2, 0) is 4.79 Å². The van der Waals surface area contributed by atoms with Crippen LogP contribution in [0.5, 0.6) is 11.5 Å². The van der Waals surface area contributed by atoms with Crippen molar-refractivity contribution < 1.29 is 19.7 Å². The third kappa shape index (κ3) is 3.05. The third-order valence-electron chi connectivity index (χ3n) is 4.58. The smallest absolute Gasteiger partial charge is 0.251 e. The van der Waals surface area contributed by atoms with Crippen molar-refractivity contribution in [2.75, 3.05) is 13.2 Å². The quantitative estimate of drug-likeness (QED) is 0.696. The van der Waals surface area contributed by atoms with Gasteiger partial charge in [-0.2, -0.15) is 0 Å². The number of rotatable bonds is 4. The van der Waals surface area contributed by atoms with Crippen molar-refractivity contribution in [1.82, 2.24) is 5.32 Å². The highest BCUT2D eigenvalue weighted by Crippen LogP contribution is 2.31. The van der Waals surface area contributed by atoms with Crippen molar-refractivity contribution in [1.29, 1.82) is 0 Å². The number of phenolic OH excluding ortho intramolecular Hbond substituents is 1. The summed E-state index contributed by atoms with van der Waals surface area (Å²) in [5.41, 5.74) is 1.84. The summed E-state index contributed by atoms with van der Waals surface area (Å²) in [5.74, 6) is 1.05. The second-order valence-corrected chi connectivity index (χ2v) is 6.28. The molecule has 1 unspecified atom stereocenters. The number of fused-ring (bicyclic) bond motifs is 2. The van der Waals surface area contributed by atoms with Crippen LogP contribution in [0.3, 0.4) is 0 Å². The van der Waals surface area contributed by atoms with Crippen LogP contribution in [0.15, 0.2) is 28.5 Å². The first-order valence-corrected chi connectivity index (χ1v) is 8.31. The molecule has 3 rings (SSSR count). The van der Waals surface area contributed by atoms with Crippen molar-refractivity contribution in [2.45, 2.75) is 32.7 Å². The fraction of sp³-hybridized carbons (Fsp3) is 0.368. The van der Waals surface area contributed by atoms with E-state index >= 15 is 0 Å². The molecule has 0 saturated heterocycles. The van der Waals surface area contributed by atoms with Gasteiger partial charge in [0.1, 0.15) is 22.9 Å². The van der Waals surface area contributed by atoms with Gasteiger partial charge in [0, 0.05) is 35.1 Å². The zero-order valence-electron chi connectivity index (χ0n) is 14.4. The summed E-state index contributed by atoms with van der Waals surface area (Å²) in [4.78, 5) is 16.9. The molecule has 132 valence electrons. The second-order valence-electron chi connectivity index (χ2n) is 6.28. The molecule has 1 aliphatic heterocycles. The zero-order chi connectivity index (χ0) is 18.1. The van der Waals surface area contributed by atoms with Crippen molar-refractivity contribution in [2.24, 2.45) is 4.99 Å². The highest BCUT2D eigenvalue weighted by Gasteiger charge is 2.28. The van der Waals surface area contributed by atoms with Crippen LogP contribution in [0, 0.1) is 13.8 Å². The van der Waals surface area contributed by atoms with Gasteiger partial charge in [-0.1, -0.05) is 12.7 Å². The minimum atomic E-state index is -0.199. The molecule has 6 nitrogen and oxygen atoms in total. The van der Waals surface area contributed by atoms with Gasteiger partial charge in [0.15, 0.2) is 5.75 Å². The lowest BCUT2D eigenvalue weighted by Gasteiger charge is -2.26. The van der Waals surface area contributed by atoms with Gasteiger partial charge in [0.05, 0.1) is 0 Å². The summed E-state index contributed by atoms with van der Waals surface area (Å²) >= 11 is 0. The third-order valence-corrected chi connectivity index (χ3v) is 4.58. The molecule has 1 aromatic carbocycles. The molecular weight excluding hydrogens is 320 g/mol. The van der Waals surface area contributed by atoms with Crippen LogP contribution in [0.25, 0.3) is 6.58 Å². The number of carbonyl (C=O) groups excluding carboxylic acids is 1. The van der Waals surface area contributed by atoms with Crippen LogP contribution < -0.4 is 20.6 Å². The Morgan fingerprint density at radius 2 is 2.20 bits per heavy atom. The van der Waals surface area contributed by atoms with Crippen LogP contribution in [-0.4, -0.2) is 35.3 Å². The molecule has 0 saturated carbocycles. The van der Waals surface area contributed by atoms with Gasteiger partial charge in [0.25, 0.3) is 5.91 Å². The van der Waals surface area contributed by atoms with Crippen LogP contribution >= 0.6 is 0 Å². The lowest BCUT2D eigenvalue weighted by Crippen LogP contribution is -2.37. The Kier molecular flexibility index (Phi) is 4.63. The first-order valence-electron chi connectivity index (χ1n) is 8.31. The number of phenols is 1. The van der Waals surface area contributed by atoms with E-state index in [4.69, 9.17) is 14.8 Å². The van der Waals surface area contributed by atoms with E-state index in [2.05, 4.69) is 11.9 Å². The molecular formula is C19H22N2O4. The monoisotopic (exact) mass is 342 g/mol. The molecule has 0 aromatic heterocycles. The Morgan fingerprint density at radius 1 is 1.44 bits per heavy atom. The summed E-state index contributed by atoms with van der Waals surface area (Å²) in [6.07, 6.45) is 4.60. The van der Waals surface area contributed by atoms with E-state index in [9.17, 15) is 9.90 Å². The van der Waals surface area contributed by atoms with E-state index in [-0.39, 0.29) is 24.3 Å². The normalized spacial score (nSPS) is 18.1. The Labute approximate surface area is 145 Å². The predicted molar refractivity (Wildman–Crippen MR) is 93.8 cm³/mol. The topological polar surface area (TPSA) is 91.2 Å². The summed E-state index contributed by atoms with van der Waals surface area (Å²) in [7, 11) is 0. The average molecular weight is 342 g/mol. The van der Waals surface area contributed by atoms with Gasteiger partial charge in [-0.05, 0) is 32.8 Å². The van der Waals surface area contributed by atoms with Gasteiger partial charge < -0.3 is 20.3 Å². The number of amides is 1. The Morgan fingerprint density at radius 3 is 2.92 bits per heavy atom. The molecule has 0 radical (unpaired) electrons. The van der Waals surface area contributed by atoms with Crippen LogP contribution in [0.1, 0.15) is 24.0 Å². The molecule has 6 heteroatoms. The number of aliphatic hydroxyl groups is 1. The maximum absolute atomic E-state index is 12.2. The zero-order valence-corrected chi connectivity index (χ0v) is 14.4. The van der Waals surface area contributed by atoms with Gasteiger partial charge in [-0.15, -0.1) is 0 Å². The molecule has 1 heterocycles. The highest BCUT2D eigenvalue weighted by atomic mass is 16.5. The molecule has 2 aliphatic rings. The van der Waals surface area contributed by atoms with Gasteiger partial charge in [0.2, 0.25) is 0 Å². The number of aliphatic hydroxyl groups excluding tert-OH is 1. The molecule has 1 aliphatic carbocycles. The van der Waals surface area contributed by atoms with Crippen molar-refractivity contribution >= 4 is 12.5 Å². The Balaban J connectivity index is 1.92. The molecule has 1 atom stereocenters. The van der Waals surface area contributed by atoms with E-state index in [1.54, 1.807) is 19.9 Å². The molecule has 3 N–H and O–H groups in total. The van der Waals surface area contributed by atoms with Crippen molar-refractivity contribution in [3.8, 4) is 11.5 Å². The number of hydrogen-bond acceptors (Lipinski definition) is 5. The summed E-state index contributed by atoms with van der Waals surface area (Å²) in [6, 6.07) is -0.190. The van der Waals surface area contributed by atoms with E-state index in [0.717, 1.165) is 0 Å². The van der Waals surface area contributed by atoms with E-state index < -0.39 is 0 Å².